The minimum absolute atomic E-state index is 0.0654. The van der Waals surface area contributed by atoms with Crippen LogP contribution in [0.3, 0.4) is 0 Å². The summed E-state index contributed by atoms with van der Waals surface area (Å²) in [5.74, 6) is -2.82. The molecule has 2 rings (SSSR count). The summed E-state index contributed by atoms with van der Waals surface area (Å²) in [5, 5.41) is 8.89. The van der Waals surface area contributed by atoms with Gasteiger partial charge in [0, 0.05) is 0 Å². The number of carboxylic acids is 1. The summed E-state index contributed by atoms with van der Waals surface area (Å²) in [4.78, 5) is 22.1. The van der Waals surface area contributed by atoms with Gasteiger partial charge in [-0.25, -0.2) is 9.18 Å². The predicted octanol–water partition coefficient (Wildman–Crippen LogP) is 2.20. The second kappa shape index (κ2) is 6.04. The fourth-order valence-electron chi connectivity index (χ4n) is 1.80. The number of rotatable bonds is 5. The van der Waals surface area contributed by atoms with Crippen LogP contribution in [0, 0.1) is 5.82 Å². The molecule has 0 aliphatic carbocycles. The molecule has 0 spiro atoms. The number of halogens is 1. The van der Waals surface area contributed by atoms with E-state index in [2.05, 4.69) is 0 Å². The van der Waals surface area contributed by atoms with Gasteiger partial charge < -0.3 is 15.6 Å². The van der Waals surface area contributed by atoms with Gasteiger partial charge in [-0.2, -0.15) is 0 Å². The fourth-order valence-corrected chi connectivity index (χ4v) is 1.80. The maximum atomic E-state index is 13.7. The molecule has 2 aromatic carbocycles. The van der Waals surface area contributed by atoms with Crippen molar-refractivity contribution in [3.05, 3.63) is 65.0 Å². The zero-order valence-corrected chi connectivity index (χ0v) is 10.9. The number of carbonyl (C=O) groups excluding carboxylic acids is 1. The van der Waals surface area contributed by atoms with Gasteiger partial charge in [0.15, 0.2) is 11.6 Å². The van der Waals surface area contributed by atoms with Crippen molar-refractivity contribution in [2.45, 2.75) is 6.61 Å². The Hall–Kier alpha value is -2.89. The molecule has 0 atom stereocenters. The molecule has 108 valence electrons. The van der Waals surface area contributed by atoms with Gasteiger partial charge in [-0.15, -0.1) is 0 Å². The first-order valence-corrected chi connectivity index (χ1v) is 6.02. The van der Waals surface area contributed by atoms with E-state index in [1.165, 1.54) is 24.3 Å². The van der Waals surface area contributed by atoms with E-state index in [1.54, 1.807) is 12.1 Å². The van der Waals surface area contributed by atoms with Crippen molar-refractivity contribution < 1.29 is 23.8 Å². The normalized spacial score (nSPS) is 10.1. The molecule has 0 saturated heterocycles. The van der Waals surface area contributed by atoms with Crippen molar-refractivity contribution in [1.82, 2.24) is 0 Å². The third-order valence-electron chi connectivity index (χ3n) is 2.79. The van der Waals surface area contributed by atoms with Crippen molar-refractivity contribution in [2.24, 2.45) is 5.73 Å². The highest BCUT2D eigenvalue weighted by Crippen LogP contribution is 2.23. The molecule has 0 bridgehead atoms. The number of carbonyl (C=O) groups is 2. The van der Waals surface area contributed by atoms with Crippen molar-refractivity contribution in [3.8, 4) is 5.75 Å². The smallest absolute Gasteiger partial charge is 0.335 e. The lowest BCUT2D eigenvalue weighted by atomic mass is 10.1. The molecular weight excluding hydrogens is 277 g/mol. The highest BCUT2D eigenvalue weighted by Gasteiger charge is 2.14. The lowest BCUT2D eigenvalue weighted by Gasteiger charge is -2.10. The highest BCUT2D eigenvalue weighted by atomic mass is 19.1. The van der Waals surface area contributed by atoms with Crippen LogP contribution in [0.5, 0.6) is 5.75 Å². The molecule has 0 unspecified atom stereocenters. The van der Waals surface area contributed by atoms with Crippen molar-refractivity contribution >= 4 is 11.9 Å². The third-order valence-corrected chi connectivity index (χ3v) is 2.79. The Kier molecular flexibility index (Phi) is 4.18. The van der Waals surface area contributed by atoms with E-state index in [-0.39, 0.29) is 23.5 Å². The van der Waals surface area contributed by atoms with Gasteiger partial charge in [-0.1, -0.05) is 18.2 Å². The number of para-hydroxylation sites is 1. The van der Waals surface area contributed by atoms with Gasteiger partial charge in [0.1, 0.15) is 6.61 Å². The fraction of sp³-hybridized carbons (Fsp3) is 0.0667. The standard InChI is InChI=1S/C15H12FNO4/c16-12-6-2-5-11(14(17)18)13(12)21-8-9-3-1-4-10(7-9)15(19)20/h1-7H,8H2,(H2,17,18)(H,19,20). The van der Waals surface area contributed by atoms with Gasteiger partial charge in [0.25, 0.3) is 5.91 Å². The summed E-state index contributed by atoms with van der Waals surface area (Å²) in [5.41, 5.74) is 5.72. The minimum Gasteiger partial charge on any atom is -0.485 e. The zero-order chi connectivity index (χ0) is 15.4. The number of hydrogen-bond acceptors (Lipinski definition) is 3. The van der Waals surface area contributed by atoms with Crippen molar-refractivity contribution in [1.29, 1.82) is 0 Å². The van der Waals surface area contributed by atoms with E-state index < -0.39 is 17.7 Å². The van der Waals surface area contributed by atoms with Crippen LogP contribution in [0.1, 0.15) is 26.3 Å². The van der Waals surface area contributed by atoms with Gasteiger partial charge in [0.05, 0.1) is 11.1 Å². The first-order chi connectivity index (χ1) is 9.99. The monoisotopic (exact) mass is 289 g/mol. The average Bonchev–Trinajstić information content (AvgIpc) is 2.46. The molecule has 2 aromatic rings. The van der Waals surface area contributed by atoms with E-state index in [1.807, 2.05) is 0 Å². The summed E-state index contributed by atoms with van der Waals surface area (Å²) in [6, 6.07) is 9.89. The number of benzene rings is 2. The average molecular weight is 289 g/mol. The first-order valence-electron chi connectivity index (χ1n) is 6.02. The molecule has 3 N–H and O–H groups in total. The lowest BCUT2D eigenvalue weighted by Crippen LogP contribution is -2.14. The van der Waals surface area contributed by atoms with Crippen LogP contribution < -0.4 is 10.5 Å². The van der Waals surface area contributed by atoms with Crippen LogP contribution in [0.4, 0.5) is 4.39 Å². The number of primary amides is 1. The summed E-state index contributed by atoms with van der Waals surface area (Å²) in [6.07, 6.45) is 0. The Labute approximate surface area is 119 Å². The van der Waals surface area contributed by atoms with Crippen LogP contribution in [-0.4, -0.2) is 17.0 Å². The van der Waals surface area contributed by atoms with Crippen molar-refractivity contribution in [3.63, 3.8) is 0 Å². The molecule has 0 aliphatic rings. The van der Waals surface area contributed by atoms with Crippen LogP contribution in [0.25, 0.3) is 0 Å². The molecule has 1 amide bonds. The number of nitrogens with two attached hydrogens (primary N) is 1. The van der Waals surface area contributed by atoms with Gasteiger partial charge in [0.2, 0.25) is 0 Å². The highest BCUT2D eigenvalue weighted by molar-refractivity contribution is 5.95. The second-order valence-corrected chi connectivity index (χ2v) is 4.27. The molecule has 0 aromatic heterocycles. The second-order valence-electron chi connectivity index (χ2n) is 4.27. The molecule has 5 nitrogen and oxygen atoms in total. The predicted molar refractivity (Wildman–Crippen MR) is 72.7 cm³/mol. The van der Waals surface area contributed by atoms with Crippen molar-refractivity contribution in [2.75, 3.05) is 0 Å². The molecule has 6 heteroatoms. The largest absolute Gasteiger partial charge is 0.485 e. The summed E-state index contributed by atoms with van der Waals surface area (Å²) in [7, 11) is 0. The molecule has 0 radical (unpaired) electrons. The Morgan fingerprint density at radius 2 is 1.90 bits per heavy atom. The summed E-state index contributed by atoms with van der Waals surface area (Å²) in [6.45, 7) is -0.0810. The number of ether oxygens (including phenoxy) is 1. The number of carboxylic acid groups (broad SMARTS) is 1. The lowest BCUT2D eigenvalue weighted by molar-refractivity contribution is 0.0696. The Bertz CT molecular complexity index is 700. The minimum atomic E-state index is -1.07. The van der Waals surface area contributed by atoms with Crippen LogP contribution >= 0.6 is 0 Å². The summed E-state index contributed by atoms with van der Waals surface area (Å²) < 4.78 is 19.0. The maximum absolute atomic E-state index is 13.7. The number of hydrogen-bond donors (Lipinski definition) is 2. The third kappa shape index (κ3) is 3.36. The number of amides is 1. The maximum Gasteiger partial charge on any atom is 0.335 e. The zero-order valence-electron chi connectivity index (χ0n) is 10.9. The van der Waals surface area contributed by atoms with E-state index in [9.17, 15) is 14.0 Å². The quantitative estimate of drug-likeness (QED) is 0.883. The molecule has 21 heavy (non-hydrogen) atoms. The van der Waals surface area contributed by atoms with Crippen LogP contribution in [-0.2, 0) is 6.61 Å². The molecule has 0 saturated carbocycles. The van der Waals surface area contributed by atoms with E-state index in [0.29, 0.717) is 5.56 Å². The molecule has 0 aliphatic heterocycles. The summed E-state index contributed by atoms with van der Waals surface area (Å²) >= 11 is 0. The Morgan fingerprint density at radius 1 is 1.19 bits per heavy atom. The van der Waals surface area contributed by atoms with Crippen LogP contribution in [0.2, 0.25) is 0 Å². The SMILES string of the molecule is NC(=O)c1cccc(F)c1OCc1cccc(C(=O)O)c1. The Balaban J connectivity index is 2.22. The molecular formula is C15H12FNO4. The Morgan fingerprint density at radius 3 is 2.57 bits per heavy atom. The van der Waals surface area contributed by atoms with E-state index in [4.69, 9.17) is 15.6 Å². The van der Waals surface area contributed by atoms with Gasteiger partial charge >= 0.3 is 5.97 Å². The van der Waals surface area contributed by atoms with Gasteiger partial charge in [-0.3, -0.25) is 4.79 Å². The number of aromatic carboxylic acids is 1. The molecule has 0 fully saturated rings. The van der Waals surface area contributed by atoms with Gasteiger partial charge in [-0.05, 0) is 29.8 Å². The first kappa shape index (κ1) is 14.5. The van der Waals surface area contributed by atoms with Crippen LogP contribution in [0.15, 0.2) is 42.5 Å². The van der Waals surface area contributed by atoms with E-state index >= 15 is 0 Å². The van der Waals surface area contributed by atoms with E-state index in [0.717, 1.165) is 6.07 Å². The molecule has 0 heterocycles. The topological polar surface area (TPSA) is 89.6 Å².